The smallest absolute Gasteiger partial charge is 0.138 e. The first-order valence-corrected chi connectivity index (χ1v) is 7.44. The second kappa shape index (κ2) is 4.50. The van der Waals surface area contributed by atoms with Crippen molar-refractivity contribution in [2.45, 2.75) is 46.1 Å². The third-order valence-corrected chi connectivity index (χ3v) is 5.12. The van der Waals surface area contributed by atoms with E-state index in [1.807, 2.05) is 0 Å². The molecule has 1 aliphatic carbocycles. The molecule has 0 amide bonds. The van der Waals surface area contributed by atoms with Gasteiger partial charge in [-0.25, -0.2) is 9.97 Å². The largest absolute Gasteiger partial charge is 0.367 e. The van der Waals surface area contributed by atoms with E-state index in [0.717, 1.165) is 16.6 Å². The standard InChI is InChI=1S/C14H19N3S/c1-8-4-5-11(6-8)17-13-12-9(2)10(3)18-14(12)16-7-15-13/h7-8,11H,4-6H2,1-3H3,(H,15,16,17). The molecular weight excluding hydrogens is 242 g/mol. The molecule has 3 nitrogen and oxygen atoms in total. The van der Waals surface area contributed by atoms with Gasteiger partial charge in [0.1, 0.15) is 17.0 Å². The summed E-state index contributed by atoms with van der Waals surface area (Å²) in [4.78, 5) is 11.3. The van der Waals surface area contributed by atoms with Gasteiger partial charge >= 0.3 is 0 Å². The Morgan fingerprint density at radius 1 is 1.28 bits per heavy atom. The van der Waals surface area contributed by atoms with E-state index < -0.39 is 0 Å². The number of aromatic nitrogens is 2. The highest BCUT2D eigenvalue weighted by Crippen LogP contribution is 2.34. The van der Waals surface area contributed by atoms with Crippen molar-refractivity contribution in [1.29, 1.82) is 0 Å². The summed E-state index contributed by atoms with van der Waals surface area (Å²) in [6.07, 6.45) is 5.52. The van der Waals surface area contributed by atoms with Crippen molar-refractivity contribution in [2.75, 3.05) is 5.32 Å². The zero-order valence-electron chi connectivity index (χ0n) is 11.2. The van der Waals surface area contributed by atoms with Crippen LogP contribution in [0.4, 0.5) is 5.82 Å². The molecule has 18 heavy (non-hydrogen) atoms. The molecule has 2 heterocycles. The van der Waals surface area contributed by atoms with Crippen LogP contribution in [0.3, 0.4) is 0 Å². The van der Waals surface area contributed by atoms with Crippen molar-refractivity contribution in [3.63, 3.8) is 0 Å². The molecule has 1 N–H and O–H groups in total. The first-order valence-electron chi connectivity index (χ1n) is 6.62. The van der Waals surface area contributed by atoms with Crippen LogP contribution in [-0.2, 0) is 0 Å². The number of thiophene rings is 1. The van der Waals surface area contributed by atoms with Crippen LogP contribution >= 0.6 is 11.3 Å². The lowest BCUT2D eigenvalue weighted by molar-refractivity contribution is 0.602. The Labute approximate surface area is 112 Å². The number of hydrogen-bond acceptors (Lipinski definition) is 4. The normalized spacial score (nSPS) is 23.7. The molecule has 2 atom stereocenters. The average Bonchev–Trinajstić information content (AvgIpc) is 2.86. The van der Waals surface area contributed by atoms with Gasteiger partial charge in [-0.15, -0.1) is 11.3 Å². The third kappa shape index (κ3) is 1.99. The molecule has 0 aromatic carbocycles. The molecule has 1 saturated carbocycles. The summed E-state index contributed by atoms with van der Waals surface area (Å²) >= 11 is 1.76. The third-order valence-electron chi connectivity index (χ3n) is 4.00. The SMILES string of the molecule is Cc1sc2ncnc(NC3CCC(C)C3)c2c1C. The Balaban J connectivity index is 1.96. The van der Waals surface area contributed by atoms with Gasteiger partial charge in [-0.1, -0.05) is 6.92 Å². The Morgan fingerprint density at radius 3 is 2.83 bits per heavy atom. The van der Waals surface area contributed by atoms with E-state index >= 15 is 0 Å². The zero-order chi connectivity index (χ0) is 12.7. The van der Waals surface area contributed by atoms with E-state index in [9.17, 15) is 0 Å². The fourth-order valence-electron chi connectivity index (χ4n) is 2.82. The van der Waals surface area contributed by atoms with Gasteiger partial charge < -0.3 is 5.32 Å². The fourth-order valence-corrected chi connectivity index (χ4v) is 3.82. The minimum absolute atomic E-state index is 0.581. The minimum atomic E-state index is 0.581. The van der Waals surface area contributed by atoms with Crippen molar-refractivity contribution in [3.8, 4) is 0 Å². The van der Waals surface area contributed by atoms with Gasteiger partial charge in [-0.05, 0) is 44.6 Å². The second-order valence-corrected chi connectivity index (χ2v) is 6.65. The summed E-state index contributed by atoms with van der Waals surface area (Å²) in [5, 5.41) is 4.85. The highest BCUT2D eigenvalue weighted by Gasteiger charge is 2.22. The minimum Gasteiger partial charge on any atom is -0.367 e. The molecule has 4 heteroatoms. The first kappa shape index (κ1) is 11.9. The molecule has 0 bridgehead atoms. The molecule has 3 rings (SSSR count). The first-order chi connectivity index (χ1) is 8.65. The van der Waals surface area contributed by atoms with Crippen molar-refractivity contribution >= 4 is 27.4 Å². The fraction of sp³-hybridized carbons (Fsp3) is 0.571. The second-order valence-electron chi connectivity index (χ2n) is 5.45. The number of hydrogen-bond donors (Lipinski definition) is 1. The molecule has 2 unspecified atom stereocenters. The Kier molecular flexibility index (Phi) is 2.98. The van der Waals surface area contributed by atoms with Gasteiger partial charge in [0.2, 0.25) is 0 Å². The van der Waals surface area contributed by atoms with Crippen molar-refractivity contribution in [1.82, 2.24) is 9.97 Å². The molecule has 1 aliphatic rings. The number of nitrogens with one attached hydrogen (secondary N) is 1. The zero-order valence-corrected chi connectivity index (χ0v) is 12.0. The number of aryl methyl sites for hydroxylation is 2. The van der Waals surface area contributed by atoms with Crippen LogP contribution in [0.2, 0.25) is 0 Å². The molecule has 1 fully saturated rings. The maximum Gasteiger partial charge on any atom is 0.138 e. The van der Waals surface area contributed by atoms with E-state index in [2.05, 4.69) is 36.1 Å². The lowest BCUT2D eigenvalue weighted by atomic mass is 10.1. The Morgan fingerprint density at radius 2 is 2.11 bits per heavy atom. The maximum atomic E-state index is 4.45. The summed E-state index contributed by atoms with van der Waals surface area (Å²) in [7, 11) is 0. The van der Waals surface area contributed by atoms with Crippen LogP contribution < -0.4 is 5.32 Å². The van der Waals surface area contributed by atoms with E-state index in [1.165, 1.54) is 35.1 Å². The molecular formula is C14H19N3S. The molecule has 2 aromatic heterocycles. The number of anilines is 1. The monoisotopic (exact) mass is 261 g/mol. The Hall–Kier alpha value is -1.16. The van der Waals surface area contributed by atoms with Crippen LogP contribution in [0.5, 0.6) is 0 Å². The van der Waals surface area contributed by atoms with E-state index in [-0.39, 0.29) is 0 Å². The Bertz CT molecular complexity index is 576. The van der Waals surface area contributed by atoms with Crippen LogP contribution in [-0.4, -0.2) is 16.0 Å². The predicted molar refractivity (Wildman–Crippen MR) is 77.3 cm³/mol. The summed E-state index contributed by atoms with van der Waals surface area (Å²) in [6.45, 7) is 6.65. The summed E-state index contributed by atoms with van der Waals surface area (Å²) < 4.78 is 0. The van der Waals surface area contributed by atoms with Crippen LogP contribution in [0.1, 0.15) is 36.6 Å². The topological polar surface area (TPSA) is 37.8 Å². The highest BCUT2D eigenvalue weighted by molar-refractivity contribution is 7.18. The van der Waals surface area contributed by atoms with Crippen LogP contribution in [0.25, 0.3) is 10.2 Å². The van der Waals surface area contributed by atoms with Crippen molar-refractivity contribution in [2.24, 2.45) is 5.92 Å². The number of fused-ring (bicyclic) bond motifs is 1. The molecule has 0 saturated heterocycles. The maximum absolute atomic E-state index is 4.45. The summed E-state index contributed by atoms with van der Waals surface area (Å²) in [5.41, 5.74) is 1.32. The molecule has 0 radical (unpaired) electrons. The summed E-state index contributed by atoms with van der Waals surface area (Å²) in [5.74, 6) is 1.87. The van der Waals surface area contributed by atoms with Gasteiger partial charge in [0.25, 0.3) is 0 Å². The van der Waals surface area contributed by atoms with Gasteiger partial charge in [-0.3, -0.25) is 0 Å². The molecule has 0 aliphatic heterocycles. The van der Waals surface area contributed by atoms with Crippen LogP contribution in [0, 0.1) is 19.8 Å². The average molecular weight is 261 g/mol. The number of nitrogens with zero attached hydrogens (tertiary/aromatic N) is 2. The van der Waals surface area contributed by atoms with Gasteiger partial charge in [0.15, 0.2) is 0 Å². The highest BCUT2D eigenvalue weighted by atomic mass is 32.1. The molecule has 2 aromatic rings. The van der Waals surface area contributed by atoms with Gasteiger partial charge in [-0.2, -0.15) is 0 Å². The molecule has 96 valence electrons. The van der Waals surface area contributed by atoms with Crippen LogP contribution in [0.15, 0.2) is 6.33 Å². The van der Waals surface area contributed by atoms with Gasteiger partial charge in [0, 0.05) is 10.9 Å². The van der Waals surface area contributed by atoms with Crippen molar-refractivity contribution < 1.29 is 0 Å². The summed E-state index contributed by atoms with van der Waals surface area (Å²) in [6, 6.07) is 0.581. The predicted octanol–water partition coefficient (Wildman–Crippen LogP) is 3.91. The van der Waals surface area contributed by atoms with E-state index in [4.69, 9.17) is 0 Å². The van der Waals surface area contributed by atoms with E-state index in [1.54, 1.807) is 17.7 Å². The van der Waals surface area contributed by atoms with Crippen molar-refractivity contribution in [3.05, 3.63) is 16.8 Å². The quantitative estimate of drug-likeness (QED) is 0.890. The number of rotatable bonds is 2. The lowest BCUT2D eigenvalue weighted by Crippen LogP contribution is -2.16. The van der Waals surface area contributed by atoms with E-state index in [0.29, 0.717) is 6.04 Å². The lowest BCUT2D eigenvalue weighted by Gasteiger charge is -2.14. The molecule has 0 spiro atoms. The van der Waals surface area contributed by atoms with Gasteiger partial charge in [0.05, 0.1) is 5.39 Å².